The molecule has 0 amide bonds. The monoisotopic (exact) mass is 346 g/mol. The Morgan fingerprint density at radius 1 is 1.29 bits per heavy atom. The SMILES string of the molecule is CC(C)c1nnc2n1C[C@@H](CNCC[S@@](=O)c1ccccc1)CC2. The molecule has 1 N–H and O–H groups in total. The van der Waals surface area contributed by atoms with Crippen LogP contribution in [0.15, 0.2) is 35.2 Å². The summed E-state index contributed by atoms with van der Waals surface area (Å²) >= 11 is 0. The predicted octanol–water partition coefficient (Wildman–Crippen LogP) is 2.36. The molecule has 0 spiro atoms. The van der Waals surface area contributed by atoms with Gasteiger partial charge >= 0.3 is 0 Å². The molecule has 2 atom stereocenters. The summed E-state index contributed by atoms with van der Waals surface area (Å²) in [7, 11) is -0.917. The van der Waals surface area contributed by atoms with Crippen LogP contribution < -0.4 is 5.32 Å². The van der Waals surface area contributed by atoms with Crippen LogP contribution in [0.25, 0.3) is 0 Å². The molecule has 0 aliphatic carbocycles. The van der Waals surface area contributed by atoms with Gasteiger partial charge in [0.25, 0.3) is 0 Å². The largest absolute Gasteiger partial charge is 0.315 e. The van der Waals surface area contributed by atoms with Crippen LogP contribution in [0.2, 0.25) is 0 Å². The number of aromatic nitrogens is 3. The van der Waals surface area contributed by atoms with Crippen molar-refractivity contribution in [3.05, 3.63) is 42.0 Å². The Kier molecular flexibility index (Phi) is 5.79. The third-order valence-electron chi connectivity index (χ3n) is 4.49. The Morgan fingerprint density at radius 3 is 2.83 bits per heavy atom. The molecular weight excluding hydrogens is 320 g/mol. The van der Waals surface area contributed by atoms with E-state index in [4.69, 9.17) is 0 Å². The highest BCUT2D eigenvalue weighted by Gasteiger charge is 2.23. The molecule has 0 saturated carbocycles. The number of rotatable bonds is 7. The molecule has 130 valence electrons. The van der Waals surface area contributed by atoms with Crippen molar-refractivity contribution < 1.29 is 4.21 Å². The first-order chi connectivity index (χ1) is 11.6. The summed E-state index contributed by atoms with van der Waals surface area (Å²) in [6.07, 6.45) is 2.15. The van der Waals surface area contributed by atoms with Gasteiger partial charge in [0.1, 0.15) is 11.6 Å². The van der Waals surface area contributed by atoms with Gasteiger partial charge in [-0.05, 0) is 31.0 Å². The van der Waals surface area contributed by atoms with E-state index >= 15 is 0 Å². The molecule has 1 aliphatic rings. The maximum absolute atomic E-state index is 12.2. The molecule has 0 unspecified atom stereocenters. The number of hydrogen-bond donors (Lipinski definition) is 1. The quantitative estimate of drug-likeness (QED) is 0.782. The zero-order chi connectivity index (χ0) is 16.9. The third kappa shape index (κ3) is 4.11. The van der Waals surface area contributed by atoms with Crippen LogP contribution in [0.5, 0.6) is 0 Å². The minimum absolute atomic E-state index is 0.409. The Bertz CT molecular complexity index is 684. The molecule has 1 aliphatic heterocycles. The highest BCUT2D eigenvalue weighted by Crippen LogP contribution is 2.23. The van der Waals surface area contributed by atoms with Gasteiger partial charge in [0, 0.05) is 36.1 Å². The lowest BCUT2D eigenvalue weighted by atomic mass is 9.99. The molecule has 0 fully saturated rings. The van der Waals surface area contributed by atoms with Crippen molar-refractivity contribution in [3.8, 4) is 0 Å². The fourth-order valence-corrected chi connectivity index (χ4v) is 4.20. The Morgan fingerprint density at radius 2 is 2.08 bits per heavy atom. The van der Waals surface area contributed by atoms with Crippen LogP contribution in [0.4, 0.5) is 0 Å². The van der Waals surface area contributed by atoms with Gasteiger partial charge in [0.15, 0.2) is 0 Å². The Balaban J connectivity index is 1.45. The number of hydrogen-bond acceptors (Lipinski definition) is 4. The lowest BCUT2D eigenvalue weighted by Gasteiger charge is -2.25. The fraction of sp³-hybridized carbons (Fsp3) is 0.556. The number of benzene rings is 1. The number of nitrogens with one attached hydrogen (secondary N) is 1. The van der Waals surface area contributed by atoms with Crippen molar-refractivity contribution in [2.24, 2.45) is 5.92 Å². The molecule has 6 heteroatoms. The lowest BCUT2D eigenvalue weighted by molar-refractivity contribution is 0.343. The van der Waals surface area contributed by atoms with Crippen LogP contribution in [0.1, 0.15) is 37.8 Å². The number of aryl methyl sites for hydroxylation is 1. The molecular formula is C18H26N4OS. The summed E-state index contributed by atoms with van der Waals surface area (Å²) in [5, 5.41) is 12.1. The van der Waals surface area contributed by atoms with E-state index in [2.05, 4.69) is 33.9 Å². The average molecular weight is 347 g/mol. The van der Waals surface area contributed by atoms with Gasteiger partial charge in [0.2, 0.25) is 0 Å². The number of nitrogens with zero attached hydrogens (tertiary/aromatic N) is 3. The molecule has 0 saturated heterocycles. The van der Waals surface area contributed by atoms with E-state index in [1.165, 1.54) is 0 Å². The molecule has 1 aromatic heterocycles. The summed E-state index contributed by atoms with van der Waals surface area (Å²) < 4.78 is 14.5. The van der Waals surface area contributed by atoms with Crippen LogP contribution >= 0.6 is 0 Å². The van der Waals surface area contributed by atoms with Crippen molar-refractivity contribution >= 4 is 10.8 Å². The van der Waals surface area contributed by atoms with Crippen LogP contribution in [0, 0.1) is 5.92 Å². The van der Waals surface area contributed by atoms with E-state index in [9.17, 15) is 4.21 Å². The average Bonchev–Trinajstić information content (AvgIpc) is 3.02. The smallest absolute Gasteiger partial charge is 0.135 e. The summed E-state index contributed by atoms with van der Waals surface area (Å²) in [5.74, 6) is 3.88. The van der Waals surface area contributed by atoms with Crippen molar-refractivity contribution in [1.82, 2.24) is 20.1 Å². The third-order valence-corrected chi connectivity index (χ3v) is 5.87. The normalized spacial score (nSPS) is 18.5. The van der Waals surface area contributed by atoms with Crippen LogP contribution in [0.3, 0.4) is 0 Å². The van der Waals surface area contributed by atoms with Gasteiger partial charge in [-0.3, -0.25) is 4.21 Å². The van der Waals surface area contributed by atoms with Gasteiger partial charge in [-0.1, -0.05) is 32.0 Å². The fourth-order valence-electron chi connectivity index (χ4n) is 3.17. The molecule has 2 heterocycles. The molecule has 3 rings (SSSR count). The second-order valence-electron chi connectivity index (χ2n) is 6.71. The lowest BCUT2D eigenvalue weighted by Crippen LogP contribution is -2.32. The van der Waals surface area contributed by atoms with Gasteiger partial charge in [-0.15, -0.1) is 10.2 Å². The van der Waals surface area contributed by atoms with Crippen molar-refractivity contribution in [2.45, 2.75) is 44.0 Å². The minimum atomic E-state index is -0.917. The molecule has 1 aromatic carbocycles. The van der Waals surface area contributed by atoms with E-state index in [0.29, 0.717) is 17.6 Å². The second kappa shape index (κ2) is 8.03. The first-order valence-electron chi connectivity index (χ1n) is 8.71. The van der Waals surface area contributed by atoms with Crippen LogP contribution in [-0.4, -0.2) is 37.8 Å². The van der Waals surface area contributed by atoms with Gasteiger partial charge in [-0.25, -0.2) is 0 Å². The highest BCUT2D eigenvalue weighted by atomic mass is 32.2. The summed E-state index contributed by atoms with van der Waals surface area (Å²) in [6, 6.07) is 9.68. The highest BCUT2D eigenvalue weighted by molar-refractivity contribution is 7.85. The first-order valence-corrected chi connectivity index (χ1v) is 10.0. The van der Waals surface area contributed by atoms with Crippen molar-refractivity contribution in [3.63, 3.8) is 0 Å². The summed E-state index contributed by atoms with van der Waals surface area (Å²) in [6.45, 7) is 7.06. The van der Waals surface area contributed by atoms with Crippen LogP contribution in [-0.2, 0) is 23.8 Å². The predicted molar refractivity (Wildman–Crippen MR) is 96.5 cm³/mol. The van der Waals surface area contributed by atoms with Crippen molar-refractivity contribution in [1.29, 1.82) is 0 Å². The first kappa shape index (κ1) is 17.3. The van der Waals surface area contributed by atoms with E-state index in [1.54, 1.807) is 0 Å². The van der Waals surface area contributed by atoms with Gasteiger partial charge in [-0.2, -0.15) is 0 Å². The molecule has 5 nitrogen and oxygen atoms in total. The summed E-state index contributed by atoms with van der Waals surface area (Å²) in [4.78, 5) is 0.910. The van der Waals surface area contributed by atoms with E-state index in [1.807, 2.05) is 30.3 Å². The second-order valence-corrected chi connectivity index (χ2v) is 8.28. The molecule has 24 heavy (non-hydrogen) atoms. The summed E-state index contributed by atoms with van der Waals surface area (Å²) in [5.41, 5.74) is 0. The van der Waals surface area contributed by atoms with Crippen molar-refractivity contribution in [2.75, 3.05) is 18.8 Å². The Labute approximate surface area is 146 Å². The minimum Gasteiger partial charge on any atom is -0.315 e. The van der Waals surface area contributed by atoms with Gasteiger partial charge < -0.3 is 9.88 Å². The van der Waals surface area contributed by atoms with E-state index < -0.39 is 10.8 Å². The maximum Gasteiger partial charge on any atom is 0.135 e. The standard InChI is InChI=1S/C18H26N4OS/c1-14(2)18-21-20-17-9-8-15(13-22(17)18)12-19-10-11-24(23)16-6-4-3-5-7-16/h3-7,14-15,19H,8-13H2,1-2H3/t15-,24-/m1/s1. The topological polar surface area (TPSA) is 59.8 Å². The Hall–Kier alpha value is -1.53. The zero-order valence-corrected chi connectivity index (χ0v) is 15.3. The number of fused-ring (bicyclic) bond motifs is 1. The van der Waals surface area contributed by atoms with E-state index in [-0.39, 0.29) is 0 Å². The zero-order valence-electron chi connectivity index (χ0n) is 14.4. The molecule has 0 bridgehead atoms. The van der Waals surface area contributed by atoms with Gasteiger partial charge in [0.05, 0.1) is 10.8 Å². The van der Waals surface area contributed by atoms with E-state index in [0.717, 1.165) is 49.0 Å². The maximum atomic E-state index is 12.2. The molecule has 2 aromatic rings. The molecule has 0 radical (unpaired) electrons.